The van der Waals surface area contributed by atoms with E-state index in [2.05, 4.69) is 0 Å². The van der Waals surface area contributed by atoms with Gasteiger partial charge in [0.2, 0.25) is 0 Å². The lowest BCUT2D eigenvalue weighted by atomic mass is 9.95. The van der Waals surface area contributed by atoms with Crippen molar-refractivity contribution in [3.63, 3.8) is 0 Å². The molecule has 0 fully saturated rings. The molecule has 0 bridgehead atoms. The van der Waals surface area contributed by atoms with Crippen molar-refractivity contribution in [1.82, 2.24) is 0 Å². The Kier molecular flexibility index (Phi) is 4.02. The average Bonchev–Trinajstić information content (AvgIpc) is 2.40. The van der Waals surface area contributed by atoms with Gasteiger partial charge in [0, 0.05) is 0 Å². The maximum Gasteiger partial charge on any atom is 0.416 e. The number of alkyl halides is 3. The van der Waals surface area contributed by atoms with Crippen LogP contribution in [-0.2, 0) is 12.6 Å². The normalized spacial score (nSPS) is 11.4. The fourth-order valence-corrected chi connectivity index (χ4v) is 2.14. The van der Waals surface area contributed by atoms with Crippen molar-refractivity contribution in [3.05, 3.63) is 70.3 Å². The van der Waals surface area contributed by atoms with E-state index < -0.39 is 17.7 Å². The van der Waals surface area contributed by atoms with Gasteiger partial charge < -0.3 is 5.11 Å². The first kappa shape index (κ1) is 15.1. The highest BCUT2D eigenvalue weighted by Gasteiger charge is 2.34. The summed E-state index contributed by atoms with van der Waals surface area (Å²) in [5, 5.41) is 8.83. The second-order valence-corrected chi connectivity index (χ2v) is 4.78. The summed E-state index contributed by atoms with van der Waals surface area (Å²) in [5.41, 5.74) is 0.488. The SMILES string of the molecule is Cc1ccccc1Cc1ccc(C(=O)O)cc1C(F)(F)F. The van der Waals surface area contributed by atoms with E-state index >= 15 is 0 Å². The third kappa shape index (κ3) is 3.42. The zero-order valence-corrected chi connectivity index (χ0v) is 11.2. The van der Waals surface area contributed by atoms with E-state index in [9.17, 15) is 18.0 Å². The van der Waals surface area contributed by atoms with Crippen LogP contribution >= 0.6 is 0 Å². The van der Waals surface area contributed by atoms with Crippen LogP contribution in [0.3, 0.4) is 0 Å². The van der Waals surface area contributed by atoms with E-state index in [1.807, 2.05) is 19.1 Å². The molecule has 0 aromatic heterocycles. The van der Waals surface area contributed by atoms with Crippen molar-refractivity contribution >= 4 is 5.97 Å². The molecular formula is C16H13F3O2. The van der Waals surface area contributed by atoms with Gasteiger partial charge >= 0.3 is 12.1 Å². The summed E-state index contributed by atoms with van der Waals surface area (Å²) in [6.07, 6.45) is -4.47. The number of hydrogen-bond donors (Lipinski definition) is 1. The Morgan fingerprint density at radius 2 is 1.76 bits per heavy atom. The molecule has 0 aliphatic heterocycles. The highest BCUT2D eigenvalue weighted by Crippen LogP contribution is 2.34. The third-order valence-electron chi connectivity index (χ3n) is 3.30. The summed E-state index contributed by atoms with van der Waals surface area (Å²) in [6.45, 7) is 1.83. The Morgan fingerprint density at radius 1 is 1.10 bits per heavy atom. The zero-order chi connectivity index (χ0) is 15.6. The molecule has 110 valence electrons. The number of carboxylic acids is 1. The molecule has 2 aromatic carbocycles. The standard InChI is InChI=1S/C16H13F3O2/c1-10-4-2-3-5-11(10)8-12-6-7-13(15(20)21)9-14(12)16(17,18)19/h2-7,9H,8H2,1H3,(H,20,21). The lowest BCUT2D eigenvalue weighted by Crippen LogP contribution is -2.12. The molecule has 1 N–H and O–H groups in total. The molecule has 5 heteroatoms. The predicted molar refractivity (Wildman–Crippen MR) is 72.4 cm³/mol. The van der Waals surface area contributed by atoms with Crippen molar-refractivity contribution in [2.75, 3.05) is 0 Å². The average molecular weight is 294 g/mol. The third-order valence-corrected chi connectivity index (χ3v) is 3.30. The molecule has 2 rings (SSSR count). The molecule has 0 heterocycles. The maximum absolute atomic E-state index is 13.1. The van der Waals surface area contributed by atoms with Gasteiger partial charge in [0.1, 0.15) is 0 Å². The van der Waals surface area contributed by atoms with Crippen LogP contribution in [0.2, 0.25) is 0 Å². The lowest BCUT2D eigenvalue weighted by molar-refractivity contribution is -0.138. The number of halogens is 3. The summed E-state index contributed by atoms with van der Waals surface area (Å²) in [5.74, 6) is -1.37. The van der Waals surface area contributed by atoms with Crippen LogP contribution in [0.4, 0.5) is 13.2 Å². The van der Waals surface area contributed by atoms with Gasteiger partial charge in [0.05, 0.1) is 11.1 Å². The number of carboxylic acid groups (broad SMARTS) is 1. The fraction of sp³-hybridized carbons (Fsp3) is 0.188. The summed E-state index contributed by atoms with van der Waals surface area (Å²) in [7, 11) is 0. The van der Waals surface area contributed by atoms with Crippen LogP contribution in [0.15, 0.2) is 42.5 Å². The van der Waals surface area contributed by atoms with E-state index in [-0.39, 0.29) is 17.5 Å². The monoisotopic (exact) mass is 294 g/mol. The molecule has 0 unspecified atom stereocenters. The van der Waals surface area contributed by atoms with E-state index in [4.69, 9.17) is 5.11 Å². The van der Waals surface area contributed by atoms with Crippen molar-refractivity contribution in [2.24, 2.45) is 0 Å². The van der Waals surface area contributed by atoms with Crippen LogP contribution in [0.1, 0.15) is 32.6 Å². The summed E-state index contributed by atoms with van der Waals surface area (Å²) >= 11 is 0. The first-order chi connectivity index (χ1) is 9.79. The minimum atomic E-state index is -4.58. The molecule has 2 nitrogen and oxygen atoms in total. The Labute approximate surface area is 119 Å². The molecule has 0 aliphatic carbocycles. The summed E-state index contributed by atoms with van der Waals surface area (Å²) < 4.78 is 39.3. The van der Waals surface area contributed by atoms with E-state index in [0.29, 0.717) is 6.07 Å². The molecule has 0 saturated carbocycles. The second kappa shape index (κ2) is 5.60. The van der Waals surface area contributed by atoms with Crippen molar-refractivity contribution < 1.29 is 23.1 Å². The highest BCUT2D eigenvalue weighted by molar-refractivity contribution is 5.88. The minimum Gasteiger partial charge on any atom is -0.478 e. The number of carbonyl (C=O) groups is 1. The van der Waals surface area contributed by atoms with Crippen LogP contribution < -0.4 is 0 Å². The zero-order valence-electron chi connectivity index (χ0n) is 11.2. The first-order valence-electron chi connectivity index (χ1n) is 6.27. The molecule has 0 amide bonds. The van der Waals surface area contributed by atoms with Crippen LogP contribution in [0.25, 0.3) is 0 Å². The Balaban J connectivity index is 2.48. The van der Waals surface area contributed by atoms with Gasteiger partial charge in [-0.05, 0) is 42.2 Å². The minimum absolute atomic E-state index is 0.0711. The first-order valence-corrected chi connectivity index (χ1v) is 6.27. The molecule has 0 aliphatic rings. The van der Waals surface area contributed by atoms with Crippen LogP contribution in [-0.4, -0.2) is 11.1 Å². The van der Waals surface area contributed by atoms with Crippen molar-refractivity contribution in [2.45, 2.75) is 19.5 Å². The Morgan fingerprint density at radius 3 is 2.33 bits per heavy atom. The molecular weight excluding hydrogens is 281 g/mol. The van der Waals surface area contributed by atoms with Crippen molar-refractivity contribution in [3.8, 4) is 0 Å². The van der Waals surface area contributed by atoms with Crippen molar-refractivity contribution in [1.29, 1.82) is 0 Å². The van der Waals surface area contributed by atoms with Crippen LogP contribution in [0, 0.1) is 6.92 Å². The largest absolute Gasteiger partial charge is 0.478 e. The molecule has 21 heavy (non-hydrogen) atoms. The molecule has 2 aromatic rings. The number of hydrogen-bond acceptors (Lipinski definition) is 1. The van der Waals surface area contributed by atoms with E-state index in [1.165, 1.54) is 12.1 Å². The quantitative estimate of drug-likeness (QED) is 0.916. The van der Waals surface area contributed by atoms with Gasteiger partial charge in [-0.3, -0.25) is 0 Å². The highest BCUT2D eigenvalue weighted by atomic mass is 19.4. The summed E-state index contributed by atoms with van der Waals surface area (Å²) in [6, 6.07) is 10.3. The summed E-state index contributed by atoms with van der Waals surface area (Å²) in [4.78, 5) is 10.8. The van der Waals surface area contributed by atoms with Gasteiger partial charge in [-0.2, -0.15) is 13.2 Å². The Hall–Kier alpha value is -2.30. The topological polar surface area (TPSA) is 37.3 Å². The smallest absolute Gasteiger partial charge is 0.416 e. The van der Waals surface area contributed by atoms with E-state index in [0.717, 1.165) is 11.1 Å². The second-order valence-electron chi connectivity index (χ2n) is 4.78. The molecule has 0 radical (unpaired) electrons. The van der Waals surface area contributed by atoms with Gasteiger partial charge in [-0.15, -0.1) is 0 Å². The number of aromatic carboxylic acids is 1. The maximum atomic E-state index is 13.1. The molecule has 0 saturated heterocycles. The number of aryl methyl sites for hydroxylation is 1. The number of rotatable bonds is 3. The van der Waals surface area contributed by atoms with Crippen LogP contribution in [0.5, 0.6) is 0 Å². The number of benzene rings is 2. The Bertz CT molecular complexity index is 675. The van der Waals surface area contributed by atoms with E-state index in [1.54, 1.807) is 12.1 Å². The fourth-order valence-electron chi connectivity index (χ4n) is 2.14. The van der Waals surface area contributed by atoms with Gasteiger partial charge in [0.15, 0.2) is 0 Å². The molecule has 0 atom stereocenters. The lowest BCUT2D eigenvalue weighted by Gasteiger charge is -2.14. The molecule has 0 spiro atoms. The van der Waals surface area contributed by atoms with Gasteiger partial charge in [0.25, 0.3) is 0 Å². The predicted octanol–water partition coefficient (Wildman–Crippen LogP) is 4.30. The van der Waals surface area contributed by atoms with Gasteiger partial charge in [-0.1, -0.05) is 30.3 Å². The van der Waals surface area contributed by atoms with Gasteiger partial charge in [-0.25, -0.2) is 4.79 Å².